The van der Waals surface area contributed by atoms with E-state index in [4.69, 9.17) is 4.74 Å². The lowest BCUT2D eigenvalue weighted by Gasteiger charge is -2.12. The van der Waals surface area contributed by atoms with Crippen LogP contribution in [0, 0.1) is 6.92 Å². The number of tetrazole rings is 1. The van der Waals surface area contributed by atoms with E-state index in [-0.39, 0.29) is 5.78 Å². The van der Waals surface area contributed by atoms with Crippen molar-refractivity contribution >= 4 is 11.4 Å². The molecular formula is C20H21N5O2. The van der Waals surface area contributed by atoms with E-state index in [9.17, 15) is 4.79 Å². The molecule has 7 heteroatoms. The Morgan fingerprint density at radius 3 is 2.56 bits per heavy atom. The second-order valence-electron chi connectivity index (χ2n) is 6.32. The summed E-state index contributed by atoms with van der Waals surface area (Å²) in [6.45, 7) is 2.01. The van der Waals surface area contributed by atoms with Crippen molar-refractivity contribution in [1.29, 1.82) is 0 Å². The van der Waals surface area contributed by atoms with Gasteiger partial charge >= 0.3 is 0 Å². The third-order valence-corrected chi connectivity index (χ3v) is 3.95. The number of nitrogens with zero attached hydrogens (tertiary/aromatic N) is 5. The monoisotopic (exact) mass is 363 g/mol. The largest absolute Gasteiger partial charge is 0.497 e. The number of ketones is 1. The molecule has 0 N–H and O–H groups in total. The molecule has 0 bridgehead atoms. The summed E-state index contributed by atoms with van der Waals surface area (Å²) in [6.07, 6.45) is 1.72. The maximum absolute atomic E-state index is 13.2. The number of methoxy groups -OCH3 is 1. The highest BCUT2D eigenvalue weighted by Crippen LogP contribution is 2.23. The summed E-state index contributed by atoms with van der Waals surface area (Å²) in [4.78, 5) is 15.0. The first-order valence-electron chi connectivity index (χ1n) is 8.42. The van der Waals surface area contributed by atoms with E-state index < -0.39 is 0 Å². The molecule has 0 amide bonds. The predicted octanol–water partition coefficient (Wildman–Crippen LogP) is 2.76. The van der Waals surface area contributed by atoms with E-state index in [1.54, 1.807) is 47.2 Å². The number of rotatable bonds is 6. The minimum absolute atomic E-state index is 0.189. The minimum Gasteiger partial charge on any atom is -0.497 e. The number of benzene rings is 2. The molecule has 0 aliphatic heterocycles. The van der Waals surface area contributed by atoms with Gasteiger partial charge in [-0.3, -0.25) is 4.79 Å². The number of Topliss-reactive ketones (excluding diaryl/α,β-unsaturated/α-hetero) is 1. The Bertz CT molecular complexity index is 974. The van der Waals surface area contributed by atoms with Crippen LogP contribution in [0.25, 0.3) is 11.3 Å². The van der Waals surface area contributed by atoms with Crippen molar-refractivity contribution in [3.05, 3.63) is 71.7 Å². The fourth-order valence-corrected chi connectivity index (χ4v) is 2.61. The standard InChI is InChI=1S/C20H21N5O2/c1-14-8-10-16(11-9-14)25-20(21-22-23-25)18(13-24(2)3)19(26)15-6-5-7-17(12-15)27-4/h5-13H,1-4H3. The molecule has 0 unspecified atom stereocenters. The zero-order valence-electron chi connectivity index (χ0n) is 15.7. The van der Waals surface area contributed by atoms with Crippen LogP contribution in [0.15, 0.2) is 54.7 Å². The molecule has 7 nitrogen and oxygen atoms in total. The van der Waals surface area contributed by atoms with Crippen LogP contribution in [-0.4, -0.2) is 52.1 Å². The van der Waals surface area contributed by atoms with Crippen molar-refractivity contribution in [2.75, 3.05) is 21.2 Å². The number of allylic oxidation sites excluding steroid dienone is 1. The lowest BCUT2D eigenvalue weighted by atomic mass is 10.0. The molecule has 0 fully saturated rings. The third-order valence-electron chi connectivity index (χ3n) is 3.95. The molecular weight excluding hydrogens is 342 g/mol. The van der Waals surface area contributed by atoms with Crippen LogP contribution >= 0.6 is 0 Å². The first-order chi connectivity index (χ1) is 13.0. The zero-order valence-corrected chi connectivity index (χ0v) is 15.7. The number of carbonyl (C=O) groups is 1. The number of aryl methyl sites for hydroxylation is 1. The van der Waals surface area contributed by atoms with Crippen LogP contribution in [-0.2, 0) is 0 Å². The smallest absolute Gasteiger partial charge is 0.198 e. The van der Waals surface area contributed by atoms with Gasteiger partial charge in [0.25, 0.3) is 0 Å². The van der Waals surface area contributed by atoms with Gasteiger partial charge in [-0.1, -0.05) is 29.8 Å². The minimum atomic E-state index is -0.189. The highest BCUT2D eigenvalue weighted by Gasteiger charge is 2.22. The maximum atomic E-state index is 13.2. The Morgan fingerprint density at radius 1 is 1.15 bits per heavy atom. The van der Waals surface area contributed by atoms with E-state index in [0.717, 1.165) is 11.3 Å². The number of ether oxygens (including phenoxy) is 1. The van der Waals surface area contributed by atoms with Gasteiger partial charge in [0.2, 0.25) is 0 Å². The van der Waals surface area contributed by atoms with Gasteiger partial charge < -0.3 is 9.64 Å². The molecule has 138 valence electrons. The van der Waals surface area contributed by atoms with E-state index in [2.05, 4.69) is 15.5 Å². The Labute approximate surface area is 157 Å². The predicted molar refractivity (Wildman–Crippen MR) is 103 cm³/mol. The first kappa shape index (κ1) is 18.3. The second-order valence-corrected chi connectivity index (χ2v) is 6.32. The Morgan fingerprint density at radius 2 is 1.89 bits per heavy atom. The van der Waals surface area contributed by atoms with Gasteiger partial charge in [0, 0.05) is 25.9 Å². The number of hydrogen-bond acceptors (Lipinski definition) is 6. The van der Waals surface area contributed by atoms with Crippen LogP contribution in [0.2, 0.25) is 0 Å². The van der Waals surface area contributed by atoms with Crippen molar-refractivity contribution < 1.29 is 9.53 Å². The summed E-state index contributed by atoms with van der Waals surface area (Å²) in [7, 11) is 5.26. The quantitative estimate of drug-likeness (QED) is 0.495. The molecule has 1 heterocycles. The molecule has 27 heavy (non-hydrogen) atoms. The molecule has 0 radical (unpaired) electrons. The van der Waals surface area contributed by atoms with Crippen molar-refractivity contribution in [2.24, 2.45) is 0 Å². The lowest BCUT2D eigenvalue weighted by Crippen LogP contribution is -2.13. The first-order valence-corrected chi connectivity index (χ1v) is 8.42. The summed E-state index contributed by atoms with van der Waals surface area (Å²) >= 11 is 0. The average molecular weight is 363 g/mol. The van der Waals surface area contributed by atoms with Crippen molar-refractivity contribution in [1.82, 2.24) is 25.1 Å². The summed E-state index contributed by atoms with van der Waals surface area (Å²) in [5.41, 5.74) is 2.80. The van der Waals surface area contributed by atoms with Crippen LogP contribution < -0.4 is 4.74 Å². The van der Waals surface area contributed by atoms with Gasteiger partial charge in [-0.25, -0.2) is 0 Å². The van der Waals surface area contributed by atoms with E-state index in [1.807, 2.05) is 45.3 Å². The summed E-state index contributed by atoms with van der Waals surface area (Å²) < 4.78 is 6.80. The van der Waals surface area contributed by atoms with Crippen LogP contribution in [0.3, 0.4) is 0 Å². The molecule has 3 aromatic rings. The molecule has 0 aliphatic rings. The Balaban J connectivity index is 2.08. The van der Waals surface area contributed by atoms with Gasteiger partial charge in [0.05, 0.1) is 18.4 Å². The molecule has 3 rings (SSSR count). The molecule has 0 saturated heterocycles. The van der Waals surface area contributed by atoms with Gasteiger partial charge in [-0.15, -0.1) is 5.10 Å². The molecule has 0 atom stereocenters. The van der Waals surface area contributed by atoms with Gasteiger partial charge in [-0.05, 0) is 41.6 Å². The highest BCUT2D eigenvalue weighted by molar-refractivity contribution is 6.28. The van der Waals surface area contributed by atoms with Gasteiger partial charge in [0.15, 0.2) is 11.6 Å². The highest BCUT2D eigenvalue weighted by atomic mass is 16.5. The second kappa shape index (κ2) is 7.82. The molecule has 0 spiro atoms. The number of carbonyl (C=O) groups excluding carboxylic acids is 1. The average Bonchev–Trinajstić information content (AvgIpc) is 3.15. The van der Waals surface area contributed by atoms with Crippen molar-refractivity contribution in [3.8, 4) is 11.4 Å². The summed E-state index contributed by atoms with van der Waals surface area (Å²) in [6, 6.07) is 14.8. The summed E-state index contributed by atoms with van der Waals surface area (Å²) in [5.74, 6) is 0.800. The molecule has 0 saturated carbocycles. The SMILES string of the molecule is COc1cccc(C(=O)C(=CN(C)C)c2nnnn2-c2ccc(C)cc2)c1. The van der Waals surface area contributed by atoms with E-state index >= 15 is 0 Å². The van der Waals surface area contributed by atoms with E-state index in [0.29, 0.717) is 22.7 Å². The summed E-state index contributed by atoms with van der Waals surface area (Å²) in [5, 5.41) is 12.0. The maximum Gasteiger partial charge on any atom is 0.198 e. The molecule has 1 aromatic heterocycles. The van der Waals surface area contributed by atoms with Gasteiger partial charge in [0.1, 0.15) is 5.75 Å². The number of hydrogen-bond donors (Lipinski definition) is 0. The molecule has 2 aromatic carbocycles. The topological polar surface area (TPSA) is 73.1 Å². The third kappa shape index (κ3) is 4.03. The van der Waals surface area contributed by atoms with Gasteiger partial charge in [-0.2, -0.15) is 4.68 Å². The van der Waals surface area contributed by atoms with Crippen LogP contribution in [0.1, 0.15) is 21.7 Å². The Hall–Kier alpha value is -3.48. The normalized spacial score (nSPS) is 11.3. The van der Waals surface area contributed by atoms with Crippen molar-refractivity contribution in [2.45, 2.75) is 6.92 Å². The molecule has 0 aliphatic carbocycles. The van der Waals surface area contributed by atoms with E-state index in [1.165, 1.54) is 0 Å². The fourth-order valence-electron chi connectivity index (χ4n) is 2.61. The zero-order chi connectivity index (χ0) is 19.4. The lowest BCUT2D eigenvalue weighted by molar-refractivity contribution is 0.105. The van der Waals surface area contributed by atoms with Crippen molar-refractivity contribution in [3.63, 3.8) is 0 Å². The van der Waals surface area contributed by atoms with Crippen LogP contribution in [0.5, 0.6) is 5.75 Å². The number of aromatic nitrogens is 4. The van der Waals surface area contributed by atoms with Crippen LogP contribution in [0.4, 0.5) is 0 Å². The fraction of sp³-hybridized carbons (Fsp3) is 0.200. The Kier molecular flexibility index (Phi) is 5.30.